The number of methoxy groups -OCH3 is 1. The number of hydrogen-bond donors (Lipinski definition) is 1. The summed E-state index contributed by atoms with van der Waals surface area (Å²) in [7, 11) is 1.66. The highest BCUT2D eigenvalue weighted by atomic mass is 32.1. The highest BCUT2D eigenvalue weighted by molar-refractivity contribution is 7.19. The number of amides is 2. The lowest BCUT2D eigenvalue weighted by Crippen LogP contribution is -2.40. The second-order valence-electron chi connectivity index (χ2n) is 6.41. The van der Waals surface area contributed by atoms with Gasteiger partial charge < -0.3 is 15.0 Å². The number of anilines is 2. The molecule has 0 spiro atoms. The quantitative estimate of drug-likeness (QED) is 0.725. The summed E-state index contributed by atoms with van der Waals surface area (Å²) in [6, 6.07) is 0. The monoisotopic (exact) mass is 367 g/mol. The lowest BCUT2D eigenvalue weighted by molar-refractivity contribution is -0.125. The van der Waals surface area contributed by atoms with Crippen molar-refractivity contribution in [2.24, 2.45) is 5.92 Å². The minimum absolute atomic E-state index is 0.0614. The summed E-state index contributed by atoms with van der Waals surface area (Å²) in [6.07, 6.45) is 3.95. The molecule has 0 radical (unpaired) electrons. The summed E-state index contributed by atoms with van der Waals surface area (Å²) in [4.78, 5) is 27.9. The highest BCUT2D eigenvalue weighted by Gasteiger charge is 2.29. The van der Waals surface area contributed by atoms with Crippen LogP contribution in [0.4, 0.5) is 10.3 Å². The molecule has 138 valence electrons. The van der Waals surface area contributed by atoms with E-state index in [1.807, 2.05) is 0 Å². The molecule has 0 unspecified atom stereocenters. The maximum atomic E-state index is 12.2. The van der Waals surface area contributed by atoms with Crippen LogP contribution in [0.3, 0.4) is 0 Å². The average molecular weight is 367 g/mol. The Balaban J connectivity index is 1.47. The molecule has 0 saturated carbocycles. The van der Waals surface area contributed by atoms with Crippen molar-refractivity contribution in [3.8, 4) is 0 Å². The predicted octanol–water partition coefficient (Wildman–Crippen LogP) is 1.03. The van der Waals surface area contributed by atoms with Gasteiger partial charge in [-0.15, -0.1) is 10.2 Å². The number of hydrogen-bond acceptors (Lipinski definition) is 7. The Morgan fingerprint density at radius 2 is 2.04 bits per heavy atom. The molecule has 1 N–H and O–H groups in total. The van der Waals surface area contributed by atoms with E-state index in [1.165, 1.54) is 11.3 Å². The molecule has 0 aliphatic carbocycles. The first kappa shape index (κ1) is 18.1. The normalized spacial score (nSPS) is 18.8. The van der Waals surface area contributed by atoms with E-state index in [1.54, 1.807) is 12.0 Å². The molecule has 3 heterocycles. The highest BCUT2D eigenvalue weighted by Crippen LogP contribution is 2.32. The number of rotatable bonds is 7. The van der Waals surface area contributed by atoms with Crippen LogP contribution >= 0.6 is 11.3 Å². The van der Waals surface area contributed by atoms with Gasteiger partial charge in [-0.25, -0.2) is 0 Å². The third-order valence-corrected chi connectivity index (χ3v) is 5.68. The van der Waals surface area contributed by atoms with Crippen LogP contribution in [0.5, 0.6) is 0 Å². The first-order valence-corrected chi connectivity index (χ1v) is 9.66. The van der Waals surface area contributed by atoms with Crippen LogP contribution < -0.4 is 15.1 Å². The summed E-state index contributed by atoms with van der Waals surface area (Å²) in [5, 5.41) is 12.9. The fraction of sp³-hybridized carbons (Fsp3) is 0.750. The van der Waals surface area contributed by atoms with E-state index in [0.717, 1.165) is 50.4 Å². The Labute approximate surface area is 151 Å². The molecule has 1 aromatic rings. The van der Waals surface area contributed by atoms with Gasteiger partial charge in [0.15, 0.2) is 0 Å². The summed E-state index contributed by atoms with van der Waals surface area (Å²) < 4.78 is 4.98. The first-order chi connectivity index (χ1) is 12.2. The van der Waals surface area contributed by atoms with Gasteiger partial charge in [-0.1, -0.05) is 11.3 Å². The van der Waals surface area contributed by atoms with Crippen LogP contribution in [0, 0.1) is 5.92 Å². The largest absolute Gasteiger partial charge is 0.385 e. The molecule has 0 atom stereocenters. The third-order valence-electron chi connectivity index (χ3n) is 4.67. The Kier molecular flexibility index (Phi) is 6.19. The fourth-order valence-electron chi connectivity index (χ4n) is 3.20. The van der Waals surface area contributed by atoms with Gasteiger partial charge in [-0.3, -0.25) is 14.5 Å². The zero-order chi connectivity index (χ0) is 17.6. The molecule has 1 aromatic heterocycles. The average Bonchev–Trinajstić information content (AvgIpc) is 3.27. The van der Waals surface area contributed by atoms with E-state index in [2.05, 4.69) is 20.4 Å². The van der Waals surface area contributed by atoms with Crippen molar-refractivity contribution >= 4 is 33.4 Å². The molecule has 0 aromatic carbocycles. The summed E-state index contributed by atoms with van der Waals surface area (Å²) >= 11 is 1.46. The van der Waals surface area contributed by atoms with E-state index in [0.29, 0.717) is 24.7 Å². The Bertz CT molecular complexity index is 600. The minimum atomic E-state index is 0.0614. The Morgan fingerprint density at radius 1 is 1.28 bits per heavy atom. The van der Waals surface area contributed by atoms with Gasteiger partial charge in [0.25, 0.3) is 0 Å². The molecule has 25 heavy (non-hydrogen) atoms. The fourth-order valence-corrected chi connectivity index (χ4v) is 4.14. The maximum absolute atomic E-state index is 12.2. The van der Waals surface area contributed by atoms with Crippen LogP contribution in [-0.4, -0.2) is 61.9 Å². The van der Waals surface area contributed by atoms with Crippen LogP contribution in [-0.2, 0) is 14.3 Å². The van der Waals surface area contributed by atoms with E-state index in [9.17, 15) is 9.59 Å². The summed E-state index contributed by atoms with van der Waals surface area (Å²) in [6.45, 7) is 3.64. The van der Waals surface area contributed by atoms with Crippen molar-refractivity contribution in [1.29, 1.82) is 0 Å². The van der Waals surface area contributed by atoms with Crippen LogP contribution in [0.1, 0.15) is 32.1 Å². The summed E-state index contributed by atoms with van der Waals surface area (Å²) in [5.74, 6) is 0.328. The van der Waals surface area contributed by atoms with E-state index in [4.69, 9.17) is 4.74 Å². The molecule has 2 saturated heterocycles. The van der Waals surface area contributed by atoms with Gasteiger partial charge in [0.05, 0.1) is 0 Å². The lowest BCUT2D eigenvalue weighted by Gasteiger charge is -2.30. The van der Waals surface area contributed by atoms with Crippen LogP contribution in [0.25, 0.3) is 0 Å². The minimum Gasteiger partial charge on any atom is -0.385 e. The Hall–Kier alpha value is -1.74. The molecule has 3 rings (SSSR count). The smallest absolute Gasteiger partial charge is 0.228 e. The number of aromatic nitrogens is 2. The van der Waals surface area contributed by atoms with Crippen molar-refractivity contribution in [3.05, 3.63) is 0 Å². The Morgan fingerprint density at radius 3 is 2.72 bits per heavy atom. The van der Waals surface area contributed by atoms with Crippen LogP contribution in [0.15, 0.2) is 0 Å². The molecule has 2 amide bonds. The molecular weight excluding hydrogens is 342 g/mol. The second-order valence-corrected chi connectivity index (χ2v) is 7.35. The maximum Gasteiger partial charge on any atom is 0.228 e. The number of nitrogens with zero attached hydrogens (tertiary/aromatic N) is 4. The first-order valence-electron chi connectivity index (χ1n) is 8.84. The molecule has 0 bridgehead atoms. The lowest BCUT2D eigenvalue weighted by atomic mass is 9.96. The predicted molar refractivity (Wildman–Crippen MR) is 95.9 cm³/mol. The van der Waals surface area contributed by atoms with Gasteiger partial charge in [-0.2, -0.15) is 0 Å². The van der Waals surface area contributed by atoms with Gasteiger partial charge >= 0.3 is 0 Å². The number of carbonyl (C=O) groups excluding carboxylic acids is 2. The zero-order valence-corrected chi connectivity index (χ0v) is 15.4. The zero-order valence-electron chi connectivity index (χ0n) is 14.6. The van der Waals surface area contributed by atoms with Crippen molar-refractivity contribution in [2.75, 3.05) is 49.7 Å². The molecule has 2 aliphatic rings. The SMILES string of the molecule is COCCCNC(=O)C1CCN(c2nnc(N3CCCC3=O)s2)CC1. The van der Waals surface area contributed by atoms with E-state index in [-0.39, 0.29) is 17.7 Å². The van der Waals surface area contributed by atoms with Gasteiger partial charge in [0.1, 0.15) is 0 Å². The second kappa shape index (κ2) is 8.57. The van der Waals surface area contributed by atoms with E-state index < -0.39 is 0 Å². The number of ether oxygens (including phenoxy) is 1. The number of piperidine rings is 1. The molecule has 8 nitrogen and oxygen atoms in total. The standard InChI is InChI=1S/C16H25N5O3S/c1-24-11-3-7-17-14(23)12-5-9-20(10-6-12)15-18-19-16(25-15)21-8-2-4-13(21)22/h12H,2-11H2,1H3,(H,17,23). The topological polar surface area (TPSA) is 87.7 Å². The van der Waals surface area contributed by atoms with Gasteiger partial charge in [-0.05, 0) is 25.7 Å². The summed E-state index contributed by atoms with van der Waals surface area (Å²) in [5.41, 5.74) is 0. The van der Waals surface area contributed by atoms with Crippen molar-refractivity contribution < 1.29 is 14.3 Å². The van der Waals surface area contributed by atoms with Crippen molar-refractivity contribution in [1.82, 2.24) is 15.5 Å². The van der Waals surface area contributed by atoms with E-state index >= 15 is 0 Å². The molecule has 9 heteroatoms. The van der Waals surface area contributed by atoms with Gasteiger partial charge in [0.2, 0.25) is 22.1 Å². The van der Waals surface area contributed by atoms with Gasteiger partial charge in [0, 0.05) is 52.2 Å². The molecular formula is C16H25N5O3S. The number of nitrogens with one attached hydrogen (secondary N) is 1. The van der Waals surface area contributed by atoms with Crippen molar-refractivity contribution in [3.63, 3.8) is 0 Å². The van der Waals surface area contributed by atoms with Crippen molar-refractivity contribution in [2.45, 2.75) is 32.1 Å². The van der Waals surface area contributed by atoms with Crippen LogP contribution in [0.2, 0.25) is 0 Å². The number of carbonyl (C=O) groups is 2. The third kappa shape index (κ3) is 4.46. The molecule has 2 fully saturated rings. The molecule has 2 aliphatic heterocycles.